The molecular weight excluding hydrogens is 338 g/mol. The number of benzene rings is 2. The lowest BCUT2D eigenvalue weighted by molar-refractivity contribution is -0.127. The van der Waals surface area contributed by atoms with Crippen LogP contribution in [0.1, 0.15) is 37.9 Å². The van der Waals surface area contributed by atoms with Crippen LogP contribution in [0.15, 0.2) is 54.6 Å². The van der Waals surface area contributed by atoms with Crippen molar-refractivity contribution < 1.29 is 9.53 Å². The van der Waals surface area contributed by atoms with E-state index in [1.807, 2.05) is 18.2 Å². The predicted molar refractivity (Wildman–Crippen MR) is 106 cm³/mol. The molecule has 2 atom stereocenters. The zero-order chi connectivity index (χ0) is 19.6. The van der Waals surface area contributed by atoms with E-state index in [9.17, 15) is 4.79 Å². The quantitative estimate of drug-likeness (QED) is 0.738. The standard InChI is InChI=1S/C22H27N3O2/c1-4-25(5-2)21(19-9-7-6-8-10-19)16-24-22(26)17(3)27-20-13-11-18(15-23)12-14-20/h6-14,17,21H,4-5,16H2,1-3H3,(H,24,26). The van der Waals surface area contributed by atoms with Gasteiger partial charge >= 0.3 is 0 Å². The van der Waals surface area contributed by atoms with Crippen molar-refractivity contribution in [2.24, 2.45) is 0 Å². The van der Waals surface area contributed by atoms with Crippen molar-refractivity contribution in [3.63, 3.8) is 0 Å². The van der Waals surface area contributed by atoms with Crippen molar-refractivity contribution in [1.29, 1.82) is 5.26 Å². The fourth-order valence-electron chi connectivity index (χ4n) is 3.00. The number of carbonyl (C=O) groups is 1. The number of nitrogens with one attached hydrogen (secondary N) is 1. The van der Waals surface area contributed by atoms with Gasteiger partial charge in [-0.25, -0.2) is 0 Å². The maximum Gasteiger partial charge on any atom is 0.260 e. The van der Waals surface area contributed by atoms with Crippen LogP contribution in [0.2, 0.25) is 0 Å². The first-order valence-corrected chi connectivity index (χ1v) is 9.32. The predicted octanol–water partition coefficient (Wildman–Crippen LogP) is 3.52. The molecule has 0 saturated heterocycles. The second-order valence-electron chi connectivity index (χ2n) is 6.29. The molecule has 5 heteroatoms. The third kappa shape index (κ3) is 5.83. The van der Waals surface area contributed by atoms with E-state index in [-0.39, 0.29) is 11.9 Å². The van der Waals surface area contributed by atoms with E-state index >= 15 is 0 Å². The number of carbonyl (C=O) groups excluding carboxylic acids is 1. The molecule has 0 saturated carbocycles. The van der Waals surface area contributed by atoms with Crippen LogP contribution in [-0.4, -0.2) is 36.5 Å². The maximum atomic E-state index is 12.5. The third-order valence-electron chi connectivity index (χ3n) is 4.57. The van der Waals surface area contributed by atoms with E-state index in [0.717, 1.165) is 13.1 Å². The van der Waals surface area contributed by atoms with E-state index in [2.05, 4.69) is 42.3 Å². The van der Waals surface area contributed by atoms with Crippen LogP contribution in [0.5, 0.6) is 5.75 Å². The molecule has 142 valence electrons. The molecule has 2 rings (SSSR count). The lowest BCUT2D eigenvalue weighted by Gasteiger charge is -2.30. The number of ether oxygens (including phenoxy) is 1. The molecule has 1 N–H and O–H groups in total. The van der Waals surface area contributed by atoms with Crippen molar-refractivity contribution >= 4 is 5.91 Å². The first-order chi connectivity index (χ1) is 13.1. The van der Waals surface area contributed by atoms with Gasteiger partial charge in [0.1, 0.15) is 5.75 Å². The molecule has 5 nitrogen and oxygen atoms in total. The van der Waals surface area contributed by atoms with E-state index in [1.54, 1.807) is 31.2 Å². The van der Waals surface area contributed by atoms with E-state index in [4.69, 9.17) is 10.00 Å². The minimum Gasteiger partial charge on any atom is -0.481 e. The second-order valence-corrected chi connectivity index (χ2v) is 6.29. The van der Waals surface area contributed by atoms with Crippen molar-refractivity contribution in [2.45, 2.75) is 32.9 Å². The molecule has 0 aliphatic carbocycles. The summed E-state index contributed by atoms with van der Waals surface area (Å²) >= 11 is 0. The first-order valence-electron chi connectivity index (χ1n) is 9.32. The zero-order valence-corrected chi connectivity index (χ0v) is 16.2. The lowest BCUT2D eigenvalue weighted by Crippen LogP contribution is -2.42. The SMILES string of the molecule is CCN(CC)C(CNC(=O)C(C)Oc1ccc(C#N)cc1)c1ccccc1. The molecule has 27 heavy (non-hydrogen) atoms. The minimum atomic E-state index is -0.619. The fourth-order valence-corrected chi connectivity index (χ4v) is 3.00. The van der Waals surface area contributed by atoms with E-state index < -0.39 is 6.10 Å². The molecule has 2 aromatic carbocycles. The highest BCUT2D eigenvalue weighted by Crippen LogP contribution is 2.20. The van der Waals surface area contributed by atoms with Crippen molar-refractivity contribution in [3.05, 3.63) is 65.7 Å². The van der Waals surface area contributed by atoms with Crippen molar-refractivity contribution in [1.82, 2.24) is 10.2 Å². The Kier molecular flexibility index (Phi) is 7.84. The van der Waals surface area contributed by atoms with Gasteiger partial charge in [0.25, 0.3) is 5.91 Å². The molecule has 0 heterocycles. The normalized spacial score (nSPS) is 12.9. The van der Waals surface area contributed by atoms with E-state index in [0.29, 0.717) is 17.9 Å². The van der Waals surface area contributed by atoms with Crippen molar-refractivity contribution in [2.75, 3.05) is 19.6 Å². The lowest BCUT2D eigenvalue weighted by atomic mass is 10.0. The molecule has 0 bridgehead atoms. The van der Waals surface area contributed by atoms with Crippen LogP contribution < -0.4 is 10.1 Å². The van der Waals surface area contributed by atoms with Crippen LogP contribution >= 0.6 is 0 Å². The van der Waals surface area contributed by atoms with Gasteiger partial charge in [-0.2, -0.15) is 5.26 Å². The molecule has 0 spiro atoms. The number of nitriles is 1. The molecule has 0 radical (unpaired) electrons. The van der Waals surface area contributed by atoms with Gasteiger partial charge in [0.2, 0.25) is 0 Å². The van der Waals surface area contributed by atoms with Crippen LogP contribution in [0, 0.1) is 11.3 Å². The highest BCUT2D eigenvalue weighted by Gasteiger charge is 2.21. The minimum absolute atomic E-state index is 0.118. The Morgan fingerprint density at radius 3 is 2.30 bits per heavy atom. The molecule has 0 aliphatic heterocycles. The summed E-state index contributed by atoms with van der Waals surface area (Å²) in [6.45, 7) is 8.30. The molecular formula is C22H27N3O2. The highest BCUT2D eigenvalue weighted by atomic mass is 16.5. The monoisotopic (exact) mass is 365 g/mol. The van der Waals surface area contributed by atoms with Crippen LogP contribution in [0.25, 0.3) is 0 Å². The zero-order valence-electron chi connectivity index (χ0n) is 16.2. The number of amides is 1. The van der Waals surface area contributed by atoms with Gasteiger partial charge < -0.3 is 10.1 Å². The first kappa shape index (κ1) is 20.5. The second kappa shape index (κ2) is 10.3. The Labute approximate surface area is 161 Å². The van der Waals surface area contributed by atoms with Gasteiger partial charge in [-0.05, 0) is 49.8 Å². The van der Waals surface area contributed by atoms with Crippen LogP contribution in [0.3, 0.4) is 0 Å². The largest absolute Gasteiger partial charge is 0.481 e. The number of likely N-dealkylation sites (N-methyl/N-ethyl adjacent to an activating group) is 1. The summed E-state index contributed by atoms with van der Waals surface area (Å²) in [6, 6.07) is 19.1. The molecule has 1 amide bonds. The van der Waals surface area contributed by atoms with Gasteiger partial charge in [0.15, 0.2) is 6.10 Å². The van der Waals surface area contributed by atoms with Gasteiger partial charge in [0, 0.05) is 6.54 Å². The Morgan fingerprint density at radius 2 is 1.74 bits per heavy atom. The summed E-state index contributed by atoms with van der Waals surface area (Å²) in [5, 5.41) is 11.9. The molecule has 0 fully saturated rings. The maximum absolute atomic E-state index is 12.5. The van der Waals surface area contributed by atoms with Gasteiger partial charge in [-0.1, -0.05) is 44.2 Å². The number of rotatable bonds is 9. The number of hydrogen-bond donors (Lipinski definition) is 1. The molecule has 2 aromatic rings. The van der Waals surface area contributed by atoms with Gasteiger partial charge in [0.05, 0.1) is 17.7 Å². The average Bonchev–Trinajstić information content (AvgIpc) is 2.72. The summed E-state index contributed by atoms with van der Waals surface area (Å²) < 4.78 is 5.69. The number of nitrogens with zero attached hydrogens (tertiary/aromatic N) is 2. The Morgan fingerprint density at radius 1 is 1.11 bits per heavy atom. The van der Waals surface area contributed by atoms with Crippen LogP contribution in [-0.2, 0) is 4.79 Å². The Bertz CT molecular complexity index is 749. The average molecular weight is 365 g/mol. The number of hydrogen-bond acceptors (Lipinski definition) is 4. The summed E-state index contributed by atoms with van der Waals surface area (Å²) in [7, 11) is 0. The summed E-state index contributed by atoms with van der Waals surface area (Å²) in [4.78, 5) is 14.8. The van der Waals surface area contributed by atoms with E-state index in [1.165, 1.54) is 5.56 Å². The summed E-state index contributed by atoms with van der Waals surface area (Å²) in [6.07, 6.45) is -0.619. The topological polar surface area (TPSA) is 65.4 Å². The summed E-state index contributed by atoms with van der Waals surface area (Å²) in [5.41, 5.74) is 1.74. The third-order valence-corrected chi connectivity index (χ3v) is 4.57. The molecule has 2 unspecified atom stereocenters. The van der Waals surface area contributed by atoms with Gasteiger partial charge in [-0.15, -0.1) is 0 Å². The Hall–Kier alpha value is -2.84. The smallest absolute Gasteiger partial charge is 0.260 e. The molecule has 0 aromatic heterocycles. The fraction of sp³-hybridized carbons (Fsp3) is 0.364. The Balaban J connectivity index is 1.98. The molecule has 0 aliphatic rings. The van der Waals surface area contributed by atoms with Crippen LogP contribution in [0.4, 0.5) is 0 Å². The summed E-state index contributed by atoms with van der Waals surface area (Å²) in [5.74, 6) is 0.410. The van der Waals surface area contributed by atoms with Crippen molar-refractivity contribution in [3.8, 4) is 11.8 Å². The van der Waals surface area contributed by atoms with Gasteiger partial charge in [-0.3, -0.25) is 9.69 Å². The highest BCUT2D eigenvalue weighted by molar-refractivity contribution is 5.80.